The number of carboxylic acid groups (broad SMARTS) is 1. The van der Waals surface area contributed by atoms with Crippen molar-refractivity contribution in [2.75, 3.05) is 13.1 Å². The lowest BCUT2D eigenvalue weighted by atomic mass is 9.76. The van der Waals surface area contributed by atoms with E-state index in [1.54, 1.807) is 23.2 Å². The summed E-state index contributed by atoms with van der Waals surface area (Å²) >= 11 is 3.33. The Morgan fingerprint density at radius 3 is 2.90 bits per heavy atom. The van der Waals surface area contributed by atoms with Crippen molar-refractivity contribution >= 4 is 27.8 Å². The summed E-state index contributed by atoms with van der Waals surface area (Å²) in [6, 6.07) is 3.51. The molecular formula is C15H19BrN2O3. The van der Waals surface area contributed by atoms with E-state index in [0.29, 0.717) is 36.0 Å². The molecule has 0 spiro atoms. The Kier molecular flexibility index (Phi) is 4.98. The number of aliphatic carboxylic acids is 1. The van der Waals surface area contributed by atoms with Crippen LogP contribution in [0.3, 0.4) is 0 Å². The van der Waals surface area contributed by atoms with Crippen LogP contribution in [0.5, 0.6) is 0 Å². The standard InChI is InChI=1S/C15H19BrN2O3/c1-2-6-15(14(20)21)7-4-9-18(10-15)13(19)12-11(16)5-3-8-17-12/h3,5,8H,2,4,6-7,9-10H2,1H3,(H,20,21). The van der Waals surface area contributed by atoms with Gasteiger partial charge in [-0.2, -0.15) is 0 Å². The van der Waals surface area contributed by atoms with E-state index in [1.807, 2.05) is 6.92 Å². The molecule has 0 aliphatic carbocycles. The van der Waals surface area contributed by atoms with Crippen LogP contribution in [-0.4, -0.2) is 40.0 Å². The third kappa shape index (κ3) is 3.26. The van der Waals surface area contributed by atoms with E-state index in [2.05, 4.69) is 20.9 Å². The number of nitrogens with zero attached hydrogens (tertiary/aromatic N) is 2. The topological polar surface area (TPSA) is 70.5 Å². The fourth-order valence-corrected chi connectivity index (χ4v) is 3.39. The molecule has 5 nitrogen and oxygen atoms in total. The minimum Gasteiger partial charge on any atom is -0.481 e. The summed E-state index contributed by atoms with van der Waals surface area (Å²) in [6.07, 6.45) is 4.29. The molecule has 1 saturated heterocycles. The lowest BCUT2D eigenvalue weighted by molar-refractivity contribution is -0.152. The second kappa shape index (κ2) is 6.56. The molecule has 1 fully saturated rings. The molecule has 1 N–H and O–H groups in total. The molecule has 0 saturated carbocycles. The number of hydrogen-bond donors (Lipinski definition) is 1. The van der Waals surface area contributed by atoms with Gasteiger partial charge in [0.2, 0.25) is 0 Å². The van der Waals surface area contributed by atoms with Crippen LogP contribution in [0.15, 0.2) is 22.8 Å². The Morgan fingerprint density at radius 2 is 2.29 bits per heavy atom. The van der Waals surface area contributed by atoms with Crippen LogP contribution in [0, 0.1) is 5.41 Å². The third-order valence-corrected chi connectivity index (χ3v) is 4.65. The third-order valence-electron chi connectivity index (χ3n) is 4.01. The Bertz CT molecular complexity index is 545. The highest BCUT2D eigenvalue weighted by molar-refractivity contribution is 9.10. The van der Waals surface area contributed by atoms with Crippen molar-refractivity contribution in [1.29, 1.82) is 0 Å². The van der Waals surface area contributed by atoms with Gasteiger partial charge in [0.25, 0.3) is 5.91 Å². The van der Waals surface area contributed by atoms with Crippen LogP contribution in [0.2, 0.25) is 0 Å². The molecule has 1 amide bonds. The SMILES string of the molecule is CCCC1(C(=O)O)CCCN(C(=O)c2ncccc2Br)C1. The number of carboxylic acids is 1. The van der Waals surface area contributed by atoms with Crippen molar-refractivity contribution < 1.29 is 14.7 Å². The fraction of sp³-hybridized carbons (Fsp3) is 0.533. The van der Waals surface area contributed by atoms with E-state index in [4.69, 9.17) is 0 Å². The number of hydrogen-bond acceptors (Lipinski definition) is 3. The Morgan fingerprint density at radius 1 is 1.52 bits per heavy atom. The van der Waals surface area contributed by atoms with Gasteiger partial charge in [0.15, 0.2) is 0 Å². The summed E-state index contributed by atoms with van der Waals surface area (Å²) in [5, 5.41) is 9.58. The lowest BCUT2D eigenvalue weighted by Crippen LogP contribution is -2.50. The maximum Gasteiger partial charge on any atom is 0.311 e. The molecule has 21 heavy (non-hydrogen) atoms. The number of amides is 1. The highest BCUT2D eigenvalue weighted by atomic mass is 79.9. The number of carbonyl (C=O) groups is 2. The molecule has 2 heterocycles. The van der Waals surface area contributed by atoms with Gasteiger partial charge in [0.1, 0.15) is 5.69 Å². The average Bonchev–Trinajstić information content (AvgIpc) is 2.47. The first kappa shape index (κ1) is 15.9. The predicted octanol–water partition coefficient (Wildman–Crippen LogP) is 2.95. The van der Waals surface area contributed by atoms with Gasteiger partial charge in [-0.25, -0.2) is 4.98 Å². The summed E-state index contributed by atoms with van der Waals surface area (Å²) in [7, 11) is 0. The molecule has 1 aromatic heterocycles. The van der Waals surface area contributed by atoms with Gasteiger partial charge in [0.05, 0.1) is 5.41 Å². The van der Waals surface area contributed by atoms with Crippen molar-refractivity contribution in [1.82, 2.24) is 9.88 Å². The summed E-state index contributed by atoms with van der Waals surface area (Å²) in [5.74, 6) is -1.01. The molecular weight excluding hydrogens is 336 g/mol. The molecule has 6 heteroatoms. The maximum atomic E-state index is 12.6. The first-order valence-corrected chi connectivity index (χ1v) is 7.92. The largest absolute Gasteiger partial charge is 0.481 e. The van der Waals surface area contributed by atoms with Crippen LogP contribution in [-0.2, 0) is 4.79 Å². The molecule has 0 aromatic carbocycles. The summed E-state index contributed by atoms with van der Waals surface area (Å²) < 4.78 is 0.636. The zero-order valence-electron chi connectivity index (χ0n) is 12.0. The summed E-state index contributed by atoms with van der Waals surface area (Å²) in [6.45, 7) is 2.82. The molecule has 1 atom stereocenters. The smallest absolute Gasteiger partial charge is 0.311 e. The average molecular weight is 355 g/mol. The molecule has 2 rings (SSSR count). The van der Waals surface area contributed by atoms with E-state index in [1.165, 1.54) is 0 Å². The van der Waals surface area contributed by atoms with E-state index < -0.39 is 11.4 Å². The number of piperidine rings is 1. The molecule has 1 aliphatic rings. The maximum absolute atomic E-state index is 12.6. The van der Waals surface area contributed by atoms with Crippen molar-refractivity contribution in [2.24, 2.45) is 5.41 Å². The minimum atomic E-state index is -0.816. The monoisotopic (exact) mass is 354 g/mol. The number of aromatic nitrogens is 1. The zero-order valence-corrected chi connectivity index (χ0v) is 13.6. The van der Waals surface area contributed by atoms with Crippen LogP contribution in [0.4, 0.5) is 0 Å². The van der Waals surface area contributed by atoms with Gasteiger partial charge in [-0.15, -0.1) is 0 Å². The molecule has 1 aromatic rings. The molecule has 114 valence electrons. The Labute approximate surface area is 132 Å². The first-order valence-electron chi connectivity index (χ1n) is 7.13. The fourth-order valence-electron chi connectivity index (χ4n) is 2.96. The van der Waals surface area contributed by atoms with E-state index in [-0.39, 0.29) is 12.5 Å². The molecule has 1 aliphatic heterocycles. The predicted molar refractivity (Wildman–Crippen MR) is 82.1 cm³/mol. The van der Waals surface area contributed by atoms with Crippen LogP contribution < -0.4 is 0 Å². The van der Waals surface area contributed by atoms with Gasteiger partial charge < -0.3 is 10.0 Å². The van der Waals surface area contributed by atoms with Crippen molar-refractivity contribution in [3.8, 4) is 0 Å². The van der Waals surface area contributed by atoms with E-state index >= 15 is 0 Å². The van der Waals surface area contributed by atoms with Crippen LogP contribution in [0.25, 0.3) is 0 Å². The number of pyridine rings is 1. The van der Waals surface area contributed by atoms with Gasteiger partial charge in [-0.1, -0.05) is 13.3 Å². The van der Waals surface area contributed by atoms with E-state index in [9.17, 15) is 14.7 Å². The highest BCUT2D eigenvalue weighted by Gasteiger charge is 2.43. The number of halogens is 1. The second-order valence-corrected chi connectivity index (χ2v) is 6.35. The van der Waals surface area contributed by atoms with Crippen molar-refractivity contribution in [3.05, 3.63) is 28.5 Å². The number of carbonyl (C=O) groups excluding carboxylic acids is 1. The van der Waals surface area contributed by atoms with Crippen LogP contribution in [0.1, 0.15) is 43.1 Å². The van der Waals surface area contributed by atoms with Gasteiger partial charge in [-0.3, -0.25) is 9.59 Å². The van der Waals surface area contributed by atoms with Crippen LogP contribution >= 0.6 is 15.9 Å². The second-order valence-electron chi connectivity index (χ2n) is 5.50. The molecule has 0 radical (unpaired) electrons. The van der Waals surface area contributed by atoms with E-state index in [0.717, 1.165) is 6.42 Å². The van der Waals surface area contributed by atoms with Gasteiger partial charge in [0, 0.05) is 23.8 Å². The Hall–Kier alpha value is -1.43. The highest BCUT2D eigenvalue weighted by Crippen LogP contribution is 2.35. The quantitative estimate of drug-likeness (QED) is 0.902. The normalized spacial score (nSPS) is 22.1. The zero-order chi connectivity index (χ0) is 15.5. The minimum absolute atomic E-state index is 0.205. The molecule has 0 bridgehead atoms. The number of rotatable bonds is 4. The lowest BCUT2D eigenvalue weighted by Gasteiger charge is -2.39. The summed E-state index contributed by atoms with van der Waals surface area (Å²) in [4.78, 5) is 30.0. The Balaban J connectivity index is 2.23. The van der Waals surface area contributed by atoms with Crippen molar-refractivity contribution in [3.63, 3.8) is 0 Å². The van der Waals surface area contributed by atoms with Gasteiger partial charge in [-0.05, 0) is 47.3 Å². The summed E-state index contributed by atoms with van der Waals surface area (Å²) in [5.41, 5.74) is -0.473. The van der Waals surface area contributed by atoms with Crippen molar-refractivity contribution in [2.45, 2.75) is 32.6 Å². The number of likely N-dealkylation sites (tertiary alicyclic amines) is 1. The van der Waals surface area contributed by atoms with Gasteiger partial charge >= 0.3 is 5.97 Å². The first-order chi connectivity index (χ1) is 10.00. The molecule has 1 unspecified atom stereocenters.